The van der Waals surface area contributed by atoms with E-state index in [-0.39, 0.29) is 5.54 Å². The Morgan fingerprint density at radius 3 is 1.88 bits per heavy atom. The van der Waals surface area contributed by atoms with Gasteiger partial charge >= 0.3 is 0 Å². The van der Waals surface area contributed by atoms with Gasteiger partial charge in [-0.2, -0.15) is 0 Å². The second-order valence-corrected chi connectivity index (χ2v) is 6.96. The summed E-state index contributed by atoms with van der Waals surface area (Å²) in [4.78, 5) is 4.70. The molecule has 1 heteroatoms. The summed E-state index contributed by atoms with van der Waals surface area (Å²) in [5, 5.41) is 0. The molecule has 0 N–H and O–H groups in total. The van der Waals surface area contributed by atoms with E-state index in [0.717, 1.165) is 6.42 Å². The Labute approximate surface area is 108 Å². The SMILES string of the molecule is CC(C)=C/C=C(\C)C=NC(C)(C)CC(C)(C)C. The van der Waals surface area contributed by atoms with Crippen molar-refractivity contribution in [2.24, 2.45) is 10.4 Å². The van der Waals surface area contributed by atoms with Crippen LogP contribution in [0.2, 0.25) is 0 Å². The molecular weight excluding hydrogens is 206 g/mol. The zero-order valence-electron chi connectivity index (χ0n) is 12.9. The molecule has 17 heavy (non-hydrogen) atoms. The van der Waals surface area contributed by atoms with Crippen LogP contribution in [0.4, 0.5) is 0 Å². The first-order chi connectivity index (χ1) is 7.52. The molecule has 0 aliphatic heterocycles. The molecule has 0 aliphatic carbocycles. The van der Waals surface area contributed by atoms with Crippen LogP contribution in [0.25, 0.3) is 0 Å². The van der Waals surface area contributed by atoms with E-state index < -0.39 is 0 Å². The first-order valence-corrected chi connectivity index (χ1v) is 6.39. The molecule has 0 saturated heterocycles. The molecular formula is C16H29N. The molecule has 0 aromatic carbocycles. The number of rotatable bonds is 4. The summed E-state index contributed by atoms with van der Waals surface area (Å²) in [5.74, 6) is 0. The molecule has 0 saturated carbocycles. The van der Waals surface area contributed by atoms with Gasteiger partial charge in [0.05, 0.1) is 5.54 Å². The summed E-state index contributed by atoms with van der Waals surface area (Å²) in [6.07, 6.45) is 7.32. The van der Waals surface area contributed by atoms with Crippen molar-refractivity contribution in [1.29, 1.82) is 0 Å². The van der Waals surface area contributed by atoms with Crippen molar-refractivity contribution in [2.45, 2.75) is 67.3 Å². The molecule has 0 amide bonds. The quantitative estimate of drug-likeness (QED) is 0.470. The molecule has 0 heterocycles. The molecule has 98 valence electrons. The summed E-state index contributed by atoms with van der Waals surface area (Å²) in [5.41, 5.74) is 2.84. The Kier molecular flexibility index (Phi) is 5.87. The third-order valence-corrected chi connectivity index (χ3v) is 2.26. The average Bonchev–Trinajstić information content (AvgIpc) is 2.07. The van der Waals surface area contributed by atoms with Gasteiger partial charge < -0.3 is 0 Å². The van der Waals surface area contributed by atoms with Gasteiger partial charge in [0.1, 0.15) is 0 Å². The molecule has 0 unspecified atom stereocenters. The molecule has 0 radical (unpaired) electrons. The number of allylic oxidation sites excluding steroid dienone is 4. The Bertz CT molecular complexity index is 318. The van der Waals surface area contributed by atoms with Gasteiger partial charge in [0.15, 0.2) is 0 Å². The van der Waals surface area contributed by atoms with Crippen LogP contribution in [-0.2, 0) is 0 Å². The van der Waals surface area contributed by atoms with Crippen LogP contribution in [0.15, 0.2) is 28.3 Å². The first-order valence-electron chi connectivity index (χ1n) is 6.39. The Balaban J connectivity index is 4.61. The topological polar surface area (TPSA) is 12.4 Å². The summed E-state index contributed by atoms with van der Waals surface area (Å²) in [7, 11) is 0. The van der Waals surface area contributed by atoms with Crippen LogP contribution < -0.4 is 0 Å². The maximum absolute atomic E-state index is 4.70. The first kappa shape index (κ1) is 16.1. The second kappa shape index (κ2) is 6.18. The summed E-state index contributed by atoms with van der Waals surface area (Å²) < 4.78 is 0. The minimum atomic E-state index is 0.0122. The lowest BCUT2D eigenvalue weighted by Gasteiger charge is -2.29. The van der Waals surface area contributed by atoms with E-state index in [4.69, 9.17) is 4.99 Å². The molecule has 0 atom stereocenters. The van der Waals surface area contributed by atoms with Crippen LogP contribution >= 0.6 is 0 Å². The Morgan fingerprint density at radius 1 is 0.941 bits per heavy atom. The van der Waals surface area contributed by atoms with Gasteiger partial charge in [0.25, 0.3) is 0 Å². The fourth-order valence-electron chi connectivity index (χ4n) is 1.96. The Hall–Kier alpha value is -0.850. The van der Waals surface area contributed by atoms with Crippen LogP contribution in [0, 0.1) is 5.41 Å². The largest absolute Gasteiger partial charge is 0.287 e. The molecule has 0 fully saturated rings. The van der Waals surface area contributed by atoms with E-state index in [9.17, 15) is 0 Å². The van der Waals surface area contributed by atoms with Gasteiger partial charge in [-0.3, -0.25) is 4.99 Å². The van der Waals surface area contributed by atoms with Crippen molar-refractivity contribution in [3.63, 3.8) is 0 Å². The van der Waals surface area contributed by atoms with Gasteiger partial charge in [-0.15, -0.1) is 0 Å². The van der Waals surface area contributed by atoms with E-state index in [0.29, 0.717) is 5.41 Å². The van der Waals surface area contributed by atoms with E-state index in [1.165, 1.54) is 11.1 Å². The van der Waals surface area contributed by atoms with Crippen LogP contribution in [0.5, 0.6) is 0 Å². The fourth-order valence-corrected chi connectivity index (χ4v) is 1.96. The summed E-state index contributed by atoms with van der Waals surface area (Å²) in [6, 6.07) is 0. The summed E-state index contributed by atoms with van der Waals surface area (Å²) >= 11 is 0. The second-order valence-electron chi connectivity index (χ2n) is 6.96. The summed E-state index contributed by atoms with van der Waals surface area (Å²) in [6.45, 7) is 17.5. The fraction of sp³-hybridized carbons (Fsp3) is 0.688. The van der Waals surface area contributed by atoms with Crippen LogP contribution in [0.1, 0.15) is 61.8 Å². The van der Waals surface area contributed by atoms with E-state index in [1.54, 1.807) is 0 Å². The highest BCUT2D eigenvalue weighted by Gasteiger charge is 2.23. The van der Waals surface area contributed by atoms with Crippen molar-refractivity contribution in [2.75, 3.05) is 0 Å². The maximum Gasteiger partial charge on any atom is 0.0557 e. The minimum absolute atomic E-state index is 0.0122. The lowest BCUT2D eigenvalue weighted by atomic mass is 9.82. The molecule has 1 nitrogen and oxygen atoms in total. The highest BCUT2D eigenvalue weighted by atomic mass is 14.8. The minimum Gasteiger partial charge on any atom is -0.287 e. The highest BCUT2D eigenvalue weighted by molar-refractivity contribution is 5.78. The maximum atomic E-state index is 4.70. The Morgan fingerprint density at radius 2 is 1.47 bits per heavy atom. The van der Waals surface area contributed by atoms with E-state index >= 15 is 0 Å². The third-order valence-electron chi connectivity index (χ3n) is 2.26. The lowest BCUT2D eigenvalue weighted by Crippen LogP contribution is -2.25. The number of hydrogen-bond donors (Lipinski definition) is 0. The smallest absolute Gasteiger partial charge is 0.0557 e. The molecule has 0 spiro atoms. The lowest BCUT2D eigenvalue weighted by molar-refractivity contribution is 0.289. The monoisotopic (exact) mass is 235 g/mol. The highest BCUT2D eigenvalue weighted by Crippen LogP contribution is 2.29. The van der Waals surface area contributed by atoms with E-state index in [2.05, 4.69) is 67.5 Å². The van der Waals surface area contributed by atoms with Gasteiger partial charge in [-0.1, -0.05) is 38.5 Å². The van der Waals surface area contributed by atoms with Crippen molar-refractivity contribution >= 4 is 6.21 Å². The molecule has 0 aliphatic rings. The van der Waals surface area contributed by atoms with Gasteiger partial charge in [0.2, 0.25) is 0 Å². The zero-order chi connectivity index (χ0) is 13.7. The molecule has 0 rings (SSSR count). The predicted molar refractivity (Wildman–Crippen MR) is 79.8 cm³/mol. The average molecular weight is 235 g/mol. The molecule has 0 aromatic rings. The predicted octanol–water partition coefficient (Wildman–Crippen LogP) is 5.18. The van der Waals surface area contributed by atoms with Crippen molar-refractivity contribution in [3.8, 4) is 0 Å². The van der Waals surface area contributed by atoms with Crippen molar-refractivity contribution in [1.82, 2.24) is 0 Å². The van der Waals surface area contributed by atoms with Gasteiger partial charge in [0, 0.05) is 6.21 Å². The van der Waals surface area contributed by atoms with Crippen LogP contribution in [0.3, 0.4) is 0 Å². The van der Waals surface area contributed by atoms with Crippen molar-refractivity contribution < 1.29 is 0 Å². The normalized spacial score (nSPS) is 14.2. The zero-order valence-corrected chi connectivity index (χ0v) is 12.9. The molecule has 0 aromatic heterocycles. The number of hydrogen-bond acceptors (Lipinski definition) is 1. The standard InChI is InChI=1S/C16H29N/c1-13(2)9-10-14(3)11-17-16(7,8)12-15(4,5)6/h9-11H,12H2,1-8H3/b14-10+,17-11?. The van der Waals surface area contributed by atoms with Crippen LogP contribution in [-0.4, -0.2) is 11.8 Å². The van der Waals surface area contributed by atoms with Gasteiger partial charge in [-0.05, 0) is 52.0 Å². The van der Waals surface area contributed by atoms with Gasteiger partial charge in [-0.25, -0.2) is 0 Å². The van der Waals surface area contributed by atoms with E-state index in [1.807, 2.05) is 6.21 Å². The third kappa shape index (κ3) is 10.0. The van der Waals surface area contributed by atoms with Crippen molar-refractivity contribution in [3.05, 3.63) is 23.3 Å². The molecule has 0 bridgehead atoms. The number of aliphatic imine (C=N–C) groups is 1. The number of nitrogens with zero attached hydrogens (tertiary/aromatic N) is 1.